The van der Waals surface area contributed by atoms with Crippen molar-refractivity contribution in [3.05, 3.63) is 0 Å². The Morgan fingerprint density at radius 1 is 0.542 bits per heavy atom. The van der Waals surface area contributed by atoms with Crippen LogP contribution in [0.4, 0.5) is 0 Å². The Morgan fingerprint density at radius 2 is 0.792 bits per heavy atom. The van der Waals surface area contributed by atoms with Gasteiger partial charge in [-0.3, -0.25) is 19.2 Å². The van der Waals surface area contributed by atoms with E-state index in [1.54, 1.807) is 0 Å². The molecular formula is C26H52N4O18. The summed E-state index contributed by atoms with van der Waals surface area (Å²) >= 11 is 0. The van der Waals surface area contributed by atoms with E-state index >= 15 is 0 Å². The molecule has 1 aliphatic carbocycles. The lowest BCUT2D eigenvalue weighted by Crippen LogP contribution is -2.64. The average Bonchev–Trinajstić information content (AvgIpc) is 2.94. The third-order valence-corrected chi connectivity index (χ3v) is 6.38. The fraction of sp³-hybridized carbons (Fsp3) is 0.846. The molecule has 14 atom stereocenters. The van der Waals surface area contributed by atoms with Gasteiger partial charge in [0.25, 0.3) is 23.9 Å². The summed E-state index contributed by atoms with van der Waals surface area (Å²) in [4.78, 5) is 36.0. The second kappa shape index (κ2) is 23.6. The van der Waals surface area contributed by atoms with E-state index in [4.69, 9.17) is 81.5 Å². The molecule has 48 heavy (non-hydrogen) atoms. The first-order valence-electron chi connectivity index (χ1n) is 14.4. The highest BCUT2D eigenvalue weighted by molar-refractivity contribution is 5.63. The van der Waals surface area contributed by atoms with Crippen molar-refractivity contribution in [1.82, 2.24) is 0 Å². The van der Waals surface area contributed by atoms with Gasteiger partial charge in [0.05, 0.1) is 12.2 Å². The number of carboxylic acid groups (broad SMARTS) is 4. The summed E-state index contributed by atoms with van der Waals surface area (Å²) in [5.41, 5.74) is 23.4. The third kappa shape index (κ3) is 18.2. The molecule has 0 amide bonds. The number of carbonyl (C=O) groups is 4. The molecule has 0 aromatic carbocycles. The minimum atomic E-state index is -1.54. The van der Waals surface area contributed by atoms with Crippen molar-refractivity contribution >= 4 is 23.9 Å². The van der Waals surface area contributed by atoms with Crippen LogP contribution in [0.2, 0.25) is 0 Å². The van der Waals surface area contributed by atoms with Gasteiger partial charge in [-0.2, -0.15) is 0 Å². The average molecular weight is 709 g/mol. The van der Waals surface area contributed by atoms with E-state index in [0.717, 1.165) is 27.7 Å². The lowest BCUT2D eigenvalue weighted by Gasteiger charge is -2.46. The maximum atomic E-state index is 10.2. The number of carboxylic acids is 4. The molecule has 22 heteroatoms. The number of aliphatic hydroxyl groups excluding tert-OH is 6. The number of nitrogens with two attached hydrogens (primary N) is 4. The van der Waals surface area contributed by atoms with Crippen LogP contribution in [0.5, 0.6) is 0 Å². The van der Waals surface area contributed by atoms with Crippen LogP contribution in [-0.2, 0) is 38.1 Å². The normalized spacial score (nSPS) is 37.2. The van der Waals surface area contributed by atoms with Crippen molar-refractivity contribution in [2.75, 3.05) is 13.1 Å². The highest BCUT2D eigenvalue weighted by atomic mass is 16.7. The van der Waals surface area contributed by atoms with Gasteiger partial charge >= 0.3 is 0 Å². The SMILES string of the molecule is CC(=O)O.CC(=O)O.CC(=O)O.CC(=O)O.NC[C@H]1O[C@H](O[C@@H]2C[C@@H](O[C@@H]3O[C@H](CN)[C@@H](O)[C@H](O)[C@H]3O)[C@H](N)C[C@H]2N)[C@H](O)[C@@H](O)[C@@H]1O. The third-order valence-electron chi connectivity index (χ3n) is 6.38. The number of hydrogen-bond acceptors (Lipinski definition) is 18. The first-order chi connectivity index (χ1) is 22.0. The maximum absolute atomic E-state index is 10.2. The van der Waals surface area contributed by atoms with Gasteiger partial charge in [0.1, 0.15) is 48.8 Å². The fourth-order valence-corrected chi connectivity index (χ4v) is 4.30. The van der Waals surface area contributed by atoms with Gasteiger partial charge < -0.3 is 92.9 Å². The summed E-state index contributed by atoms with van der Waals surface area (Å²) in [7, 11) is 0. The zero-order chi connectivity index (χ0) is 38.0. The lowest BCUT2D eigenvalue weighted by molar-refractivity contribution is -0.323. The molecule has 3 aliphatic rings. The molecule has 0 aromatic heterocycles. The van der Waals surface area contributed by atoms with E-state index in [1.807, 2.05) is 0 Å². The van der Waals surface area contributed by atoms with E-state index < -0.39 is 110 Å². The van der Waals surface area contributed by atoms with Crippen LogP contribution in [-0.4, -0.2) is 174 Å². The Balaban J connectivity index is 0. The van der Waals surface area contributed by atoms with Crippen molar-refractivity contribution in [1.29, 1.82) is 0 Å². The van der Waals surface area contributed by atoms with Gasteiger partial charge in [0.2, 0.25) is 0 Å². The van der Waals surface area contributed by atoms with Crippen LogP contribution >= 0.6 is 0 Å². The Hall–Kier alpha value is -2.68. The number of ether oxygens (including phenoxy) is 4. The zero-order valence-electron chi connectivity index (χ0n) is 27.0. The molecule has 2 saturated heterocycles. The summed E-state index contributed by atoms with van der Waals surface area (Å²) in [6.45, 7) is 4.12. The molecule has 0 aromatic rings. The standard InChI is InChI=1S/C18H36N4O10.4C2H4O2/c19-3-9-11(23)13(25)15(27)17(31-9)29-7-2-8(6(22)1-5(7)21)30-18-16(28)14(26)12(24)10(4-20)32-18;4*1-2(3)4/h5-18,23-28H,1-4,19-22H2;4*1H3,(H,3,4)/t5-,6-,7-,8-,9-,10-,11-,12-,13+,14+,15-,16-,17-,18+;;;;/m1..../s1. The molecule has 284 valence electrons. The topological polar surface area (TPSA) is 412 Å². The van der Waals surface area contributed by atoms with Crippen LogP contribution in [0.1, 0.15) is 40.5 Å². The minimum absolute atomic E-state index is 0.106. The largest absolute Gasteiger partial charge is 0.481 e. The molecule has 2 aliphatic heterocycles. The first kappa shape index (κ1) is 47.4. The molecule has 2 heterocycles. The molecular weight excluding hydrogens is 656 g/mol. The summed E-state index contributed by atoms with van der Waals surface area (Å²) in [6, 6.07) is -1.13. The summed E-state index contributed by atoms with van der Waals surface area (Å²) < 4.78 is 22.6. The van der Waals surface area contributed by atoms with Gasteiger partial charge in [0, 0.05) is 59.3 Å². The van der Waals surface area contributed by atoms with Gasteiger partial charge in [0.15, 0.2) is 12.6 Å². The highest BCUT2D eigenvalue weighted by Gasteiger charge is 2.48. The van der Waals surface area contributed by atoms with Crippen molar-refractivity contribution < 1.29 is 89.2 Å². The zero-order valence-corrected chi connectivity index (χ0v) is 27.0. The Morgan fingerprint density at radius 3 is 1.02 bits per heavy atom. The molecule has 0 radical (unpaired) electrons. The van der Waals surface area contributed by atoms with E-state index in [1.165, 1.54) is 0 Å². The van der Waals surface area contributed by atoms with Gasteiger partial charge in [-0.1, -0.05) is 0 Å². The van der Waals surface area contributed by atoms with Crippen LogP contribution in [0, 0.1) is 0 Å². The van der Waals surface area contributed by atoms with E-state index in [0.29, 0.717) is 0 Å². The van der Waals surface area contributed by atoms with Crippen molar-refractivity contribution in [2.24, 2.45) is 22.9 Å². The van der Waals surface area contributed by atoms with Gasteiger partial charge in [-0.25, -0.2) is 0 Å². The number of aliphatic hydroxyl groups is 6. The van der Waals surface area contributed by atoms with Crippen molar-refractivity contribution in [3.8, 4) is 0 Å². The summed E-state index contributed by atoms with van der Waals surface area (Å²) in [5, 5.41) is 90.1. The Bertz CT molecular complexity index is 850. The molecule has 0 bridgehead atoms. The summed E-state index contributed by atoms with van der Waals surface area (Å²) in [6.07, 6.45) is -14.5. The molecule has 3 fully saturated rings. The van der Waals surface area contributed by atoms with E-state index in [9.17, 15) is 30.6 Å². The smallest absolute Gasteiger partial charge is 0.300 e. The van der Waals surface area contributed by atoms with Gasteiger partial charge in [-0.05, 0) is 6.42 Å². The molecule has 0 unspecified atom stereocenters. The maximum Gasteiger partial charge on any atom is 0.300 e. The Labute approximate surface area is 275 Å². The molecule has 1 saturated carbocycles. The molecule has 3 rings (SSSR count). The number of aliphatic carboxylic acids is 4. The fourth-order valence-electron chi connectivity index (χ4n) is 4.30. The quantitative estimate of drug-likeness (QED) is 0.122. The van der Waals surface area contributed by atoms with Crippen LogP contribution < -0.4 is 22.9 Å². The lowest BCUT2D eigenvalue weighted by atomic mass is 9.86. The van der Waals surface area contributed by atoms with E-state index in [2.05, 4.69) is 0 Å². The monoisotopic (exact) mass is 708 g/mol. The highest BCUT2D eigenvalue weighted by Crippen LogP contribution is 2.31. The van der Waals surface area contributed by atoms with Crippen molar-refractivity contribution in [3.63, 3.8) is 0 Å². The number of hydrogen-bond donors (Lipinski definition) is 14. The summed E-state index contributed by atoms with van der Waals surface area (Å²) in [5.74, 6) is -3.33. The van der Waals surface area contributed by atoms with Gasteiger partial charge in [-0.15, -0.1) is 0 Å². The van der Waals surface area contributed by atoms with Crippen LogP contribution in [0.25, 0.3) is 0 Å². The van der Waals surface area contributed by atoms with Crippen molar-refractivity contribution in [2.45, 2.75) is 126 Å². The number of rotatable bonds is 6. The van der Waals surface area contributed by atoms with Crippen LogP contribution in [0.3, 0.4) is 0 Å². The Kier molecular flexibility index (Phi) is 23.4. The van der Waals surface area contributed by atoms with Crippen LogP contribution in [0.15, 0.2) is 0 Å². The minimum Gasteiger partial charge on any atom is -0.481 e. The second-order valence-electron chi connectivity index (χ2n) is 10.7. The van der Waals surface area contributed by atoms with E-state index in [-0.39, 0.29) is 25.9 Å². The first-order valence-corrected chi connectivity index (χ1v) is 14.4. The molecule has 18 N–H and O–H groups in total. The molecule has 0 spiro atoms. The second-order valence-corrected chi connectivity index (χ2v) is 10.7. The molecule has 22 nitrogen and oxygen atoms in total. The predicted molar refractivity (Wildman–Crippen MR) is 160 cm³/mol. The predicted octanol–water partition coefficient (Wildman–Crippen LogP) is -5.90.